The monoisotopic (exact) mass is 284 g/mol. The van der Waals surface area contributed by atoms with E-state index in [1.165, 1.54) is 19.3 Å². The Morgan fingerprint density at radius 3 is 2.15 bits per heavy atom. The van der Waals surface area contributed by atoms with Crippen molar-refractivity contribution in [2.45, 2.75) is 51.5 Å². The van der Waals surface area contributed by atoms with Crippen LogP contribution in [0.2, 0.25) is 0 Å². The maximum absolute atomic E-state index is 12.1. The van der Waals surface area contributed by atoms with Gasteiger partial charge in [-0.2, -0.15) is 0 Å². The molecule has 0 bridgehead atoms. The molecule has 0 aromatic rings. The van der Waals surface area contributed by atoms with Gasteiger partial charge in [0.2, 0.25) is 5.91 Å². The predicted octanol–water partition coefficient (Wildman–Crippen LogP) is 1.72. The number of likely N-dealkylation sites (N-methyl/N-ethyl adjacent to an activating group) is 1. The van der Waals surface area contributed by atoms with E-state index in [-0.39, 0.29) is 11.4 Å². The van der Waals surface area contributed by atoms with Crippen molar-refractivity contribution in [2.75, 3.05) is 20.6 Å². The molecule has 20 heavy (non-hydrogen) atoms. The number of nitrogens with zero attached hydrogens (tertiary/aromatic N) is 1. The van der Waals surface area contributed by atoms with Crippen molar-refractivity contribution in [3.8, 4) is 0 Å². The summed E-state index contributed by atoms with van der Waals surface area (Å²) in [5.41, 5.74) is 0.0279. The molecule has 1 aliphatic carbocycles. The molecule has 5 heteroatoms. The predicted molar refractivity (Wildman–Crippen MR) is 78.5 cm³/mol. The largest absolute Gasteiger partial charge is 0.481 e. The van der Waals surface area contributed by atoms with Crippen LogP contribution in [0.15, 0.2) is 0 Å². The lowest BCUT2D eigenvalue weighted by Crippen LogP contribution is -2.54. The first-order chi connectivity index (χ1) is 9.30. The summed E-state index contributed by atoms with van der Waals surface area (Å²) in [6.45, 7) is 3.86. The fourth-order valence-corrected chi connectivity index (χ4v) is 2.85. The third-order valence-electron chi connectivity index (χ3n) is 4.88. The minimum Gasteiger partial charge on any atom is -0.481 e. The summed E-state index contributed by atoms with van der Waals surface area (Å²) in [7, 11) is 4.11. The Balaban J connectivity index is 2.59. The van der Waals surface area contributed by atoms with Crippen molar-refractivity contribution in [1.29, 1.82) is 0 Å². The Labute approximate surface area is 121 Å². The molecule has 0 aromatic carbocycles. The molecule has 2 unspecified atom stereocenters. The lowest BCUT2D eigenvalue weighted by Gasteiger charge is -2.43. The number of rotatable bonds is 6. The van der Waals surface area contributed by atoms with E-state index in [1.54, 1.807) is 13.8 Å². The number of hydrogen-bond donors (Lipinski definition) is 2. The van der Waals surface area contributed by atoms with Gasteiger partial charge >= 0.3 is 5.97 Å². The average molecular weight is 284 g/mol. The first-order valence-electron chi connectivity index (χ1n) is 7.48. The standard InChI is InChI=1S/C15H28N2O3/c1-11(12(2)14(19)20)13(18)16-10-15(17(3)4)8-6-5-7-9-15/h11-12H,5-10H2,1-4H3,(H,16,18)(H,19,20). The fraction of sp³-hybridized carbons (Fsp3) is 0.867. The van der Waals surface area contributed by atoms with E-state index >= 15 is 0 Å². The van der Waals surface area contributed by atoms with Crippen LogP contribution < -0.4 is 5.32 Å². The van der Waals surface area contributed by atoms with E-state index in [0.29, 0.717) is 6.54 Å². The van der Waals surface area contributed by atoms with Gasteiger partial charge in [0.05, 0.1) is 5.92 Å². The zero-order valence-corrected chi connectivity index (χ0v) is 13.1. The van der Waals surface area contributed by atoms with E-state index < -0.39 is 17.8 Å². The maximum atomic E-state index is 12.1. The Morgan fingerprint density at radius 1 is 1.15 bits per heavy atom. The van der Waals surface area contributed by atoms with Crippen molar-refractivity contribution < 1.29 is 14.7 Å². The molecule has 5 nitrogen and oxygen atoms in total. The van der Waals surface area contributed by atoms with E-state index in [9.17, 15) is 9.59 Å². The van der Waals surface area contributed by atoms with Crippen molar-refractivity contribution in [2.24, 2.45) is 11.8 Å². The zero-order chi connectivity index (χ0) is 15.3. The first-order valence-corrected chi connectivity index (χ1v) is 7.48. The van der Waals surface area contributed by atoms with Crippen LogP contribution in [0, 0.1) is 11.8 Å². The van der Waals surface area contributed by atoms with Gasteiger partial charge in [0.1, 0.15) is 0 Å². The number of carboxylic acids is 1. The Hall–Kier alpha value is -1.10. The Kier molecular flexibility index (Phi) is 5.99. The van der Waals surface area contributed by atoms with Gasteiger partial charge in [0.15, 0.2) is 0 Å². The van der Waals surface area contributed by atoms with Crippen LogP contribution in [0.25, 0.3) is 0 Å². The highest BCUT2D eigenvalue weighted by atomic mass is 16.4. The summed E-state index contributed by atoms with van der Waals surface area (Å²) >= 11 is 0. The van der Waals surface area contributed by atoms with Crippen molar-refractivity contribution in [1.82, 2.24) is 10.2 Å². The van der Waals surface area contributed by atoms with Crippen LogP contribution >= 0.6 is 0 Å². The zero-order valence-electron chi connectivity index (χ0n) is 13.1. The molecule has 0 aromatic heterocycles. The Morgan fingerprint density at radius 2 is 1.70 bits per heavy atom. The lowest BCUT2D eigenvalue weighted by atomic mass is 9.80. The van der Waals surface area contributed by atoms with Gasteiger partial charge < -0.3 is 15.3 Å². The summed E-state index contributed by atoms with van der Waals surface area (Å²) in [6.07, 6.45) is 5.81. The average Bonchev–Trinajstić information content (AvgIpc) is 2.43. The minimum atomic E-state index is -0.923. The van der Waals surface area contributed by atoms with Crippen LogP contribution in [-0.4, -0.2) is 48.1 Å². The topological polar surface area (TPSA) is 69.6 Å². The SMILES string of the molecule is CC(C(=O)O)C(C)C(=O)NCC1(N(C)C)CCCCC1. The molecular weight excluding hydrogens is 256 g/mol. The number of amides is 1. The normalized spacial score (nSPS) is 21.2. The smallest absolute Gasteiger partial charge is 0.307 e. The second kappa shape index (κ2) is 7.07. The number of carboxylic acid groups (broad SMARTS) is 1. The van der Waals surface area contributed by atoms with Gasteiger partial charge in [-0.25, -0.2) is 0 Å². The van der Waals surface area contributed by atoms with E-state index in [4.69, 9.17) is 5.11 Å². The van der Waals surface area contributed by atoms with E-state index in [0.717, 1.165) is 12.8 Å². The van der Waals surface area contributed by atoms with Gasteiger partial charge in [-0.15, -0.1) is 0 Å². The van der Waals surface area contributed by atoms with Crippen molar-refractivity contribution in [3.63, 3.8) is 0 Å². The fourth-order valence-electron chi connectivity index (χ4n) is 2.85. The molecule has 1 saturated carbocycles. The van der Waals surface area contributed by atoms with Crippen LogP contribution in [0.4, 0.5) is 0 Å². The third-order valence-corrected chi connectivity index (χ3v) is 4.88. The summed E-state index contributed by atoms with van der Waals surface area (Å²) in [6, 6.07) is 0. The quantitative estimate of drug-likeness (QED) is 0.779. The van der Waals surface area contributed by atoms with Crippen LogP contribution in [0.3, 0.4) is 0 Å². The Bertz CT molecular complexity index is 349. The molecule has 0 heterocycles. The summed E-state index contributed by atoms with van der Waals surface area (Å²) in [5, 5.41) is 11.9. The number of carbonyl (C=O) groups is 2. The first kappa shape index (κ1) is 17.0. The van der Waals surface area contributed by atoms with Gasteiger partial charge in [-0.1, -0.05) is 33.1 Å². The van der Waals surface area contributed by atoms with Crippen LogP contribution in [-0.2, 0) is 9.59 Å². The second-order valence-electron chi connectivity index (χ2n) is 6.31. The van der Waals surface area contributed by atoms with Crippen LogP contribution in [0.5, 0.6) is 0 Å². The van der Waals surface area contributed by atoms with Crippen LogP contribution in [0.1, 0.15) is 46.0 Å². The summed E-state index contributed by atoms with van der Waals surface area (Å²) in [4.78, 5) is 25.2. The molecule has 0 radical (unpaired) electrons. The molecule has 0 aliphatic heterocycles. The molecule has 0 spiro atoms. The molecule has 1 fully saturated rings. The minimum absolute atomic E-state index is 0.0279. The number of aliphatic carboxylic acids is 1. The molecule has 1 amide bonds. The van der Waals surface area contributed by atoms with Gasteiger partial charge in [0, 0.05) is 18.0 Å². The molecule has 0 saturated heterocycles. The highest BCUT2D eigenvalue weighted by molar-refractivity contribution is 5.84. The van der Waals surface area contributed by atoms with E-state index in [1.807, 2.05) is 0 Å². The highest BCUT2D eigenvalue weighted by Crippen LogP contribution is 2.31. The molecule has 1 rings (SSSR count). The van der Waals surface area contributed by atoms with Gasteiger partial charge in [-0.3, -0.25) is 9.59 Å². The maximum Gasteiger partial charge on any atom is 0.307 e. The second-order valence-corrected chi connectivity index (χ2v) is 6.31. The molecule has 2 N–H and O–H groups in total. The number of nitrogens with one attached hydrogen (secondary N) is 1. The summed E-state index contributed by atoms with van der Waals surface area (Å²) in [5.74, 6) is -2.24. The molecule has 116 valence electrons. The molecule has 2 atom stereocenters. The molecular formula is C15H28N2O3. The lowest BCUT2D eigenvalue weighted by molar-refractivity contribution is -0.146. The third kappa shape index (κ3) is 3.95. The van der Waals surface area contributed by atoms with Gasteiger partial charge in [-0.05, 0) is 26.9 Å². The summed E-state index contributed by atoms with van der Waals surface area (Å²) < 4.78 is 0. The highest BCUT2D eigenvalue weighted by Gasteiger charge is 2.35. The van der Waals surface area contributed by atoms with Crippen molar-refractivity contribution >= 4 is 11.9 Å². The van der Waals surface area contributed by atoms with E-state index in [2.05, 4.69) is 24.3 Å². The van der Waals surface area contributed by atoms with Gasteiger partial charge in [0.25, 0.3) is 0 Å². The van der Waals surface area contributed by atoms with Crippen molar-refractivity contribution in [3.05, 3.63) is 0 Å². The number of carbonyl (C=O) groups excluding carboxylic acids is 1. The molecule has 1 aliphatic rings. The number of hydrogen-bond acceptors (Lipinski definition) is 3.